The molecule has 0 bridgehead atoms. The quantitative estimate of drug-likeness (QED) is 0.348. The first-order valence-corrected chi connectivity index (χ1v) is 10.0. The van der Waals surface area contributed by atoms with Gasteiger partial charge in [0.1, 0.15) is 0 Å². The molecule has 8 heteroatoms. The lowest BCUT2D eigenvalue weighted by atomic mass is 10.1. The Balaban J connectivity index is 1.82. The summed E-state index contributed by atoms with van der Waals surface area (Å²) in [6, 6.07) is 13.9. The van der Waals surface area contributed by atoms with Crippen molar-refractivity contribution in [1.29, 1.82) is 0 Å². The van der Waals surface area contributed by atoms with Gasteiger partial charge in [0.15, 0.2) is 10.9 Å². The third-order valence-electron chi connectivity index (χ3n) is 4.26. The highest BCUT2D eigenvalue weighted by molar-refractivity contribution is 7.99. The van der Waals surface area contributed by atoms with E-state index in [0.29, 0.717) is 40.5 Å². The zero-order valence-corrected chi connectivity index (χ0v) is 17.0. The molecule has 2 aromatic carbocycles. The highest BCUT2D eigenvalue weighted by atomic mass is 32.2. The van der Waals surface area contributed by atoms with E-state index in [1.54, 1.807) is 49.6 Å². The van der Waals surface area contributed by atoms with E-state index in [4.69, 9.17) is 4.74 Å². The summed E-state index contributed by atoms with van der Waals surface area (Å²) in [6.07, 6.45) is 0. The zero-order valence-electron chi connectivity index (χ0n) is 16.2. The van der Waals surface area contributed by atoms with Crippen LogP contribution in [0.15, 0.2) is 58.5 Å². The number of anilines is 1. The Morgan fingerprint density at radius 1 is 1.14 bits per heavy atom. The molecule has 0 aliphatic heterocycles. The average molecular weight is 411 g/mol. The number of carbonyl (C=O) groups excluding carboxylic acids is 2. The van der Waals surface area contributed by atoms with Crippen LogP contribution in [0, 0.1) is 0 Å². The SMILES string of the molecule is COCCn1c(SCC(=O)Nc2ccccc2C(C)=O)nc2ccccc2c1=O. The van der Waals surface area contributed by atoms with Gasteiger partial charge in [0.2, 0.25) is 5.91 Å². The summed E-state index contributed by atoms with van der Waals surface area (Å²) in [7, 11) is 1.56. The van der Waals surface area contributed by atoms with Crippen LogP contribution < -0.4 is 10.9 Å². The summed E-state index contributed by atoms with van der Waals surface area (Å²) in [4.78, 5) is 41.5. The normalized spacial score (nSPS) is 10.8. The Kier molecular flexibility index (Phi) is 6.79. The standard InChI is InChI=1S/C21H21N3O4S/c1-14(25)15-7-3-5-9-17(15)22-19(26)13-29-21-23-18-10-6-4-8-16(18)20(27)24(21)11-12-28-2/h3-10H,11-13H2,1-2H3,(H,22,26). The number of benzene rings is 2. The number of methoxy groups -OCH3 is 1. The predicted octanol–water partition coefficient (Wildman–Crippen LogP) is 2.98. The van der Waals surface area contributed by atoms with Gasteiger partial charge in [-0.1, -0.05) is 36.0 Å². The number of rotatable bonds is 8. The maximum absolute atomic E-state index is 12.8. The van der Waals surface area contributed by atoms with E-state index in [2.05, 4.69) is 10.3 Å². The molecule has 0 fully saturated rings. The van der Waals surface area contributed by atoms with Gasteiger partial charge in [-0.2, -0.15) is 0 Å². The van der Waals surface area contributed by atoms with Crippen molar-refractivity contribution in [2.45, 2.75) is 18.6 Å². The molecule has 150 valence electrons. The zero-order chi connectivity index (χ0) is 20.8. The van der Waals surface area contributed by atoms with Gasteiger partial charge in [-0.15, -0.1) is 0 Å². The van der Waals surface area contributed by atoms with Crippen molar-refractivity contribution in [3.8, 4) is 0 Å². The van der Waals surface area contributed by atoms with E-state index in [0.717, 1.165) is 0 Å². The number of para-hydroxylation sites is 2. The largest absolute Gasteiger partial charge is 0.383 e. The highest BCUT2D eigenvalue weighted by Crippen LogP contribution is 2.20. The van der Waals surface area contributed by atoms with Gasteiger partial charge in [0, 0.05) is 12.7 Å². The van der Waals surface area contributed by atoms with Crippen LogP contribution in [-0.4, -0.2) is 40.7 Å². The lowest BCUT2D eigenvalue weighted by Crippen LogP contribution is -2.26. The first-order chi connectivity index (χ1) is 14.0. The van der Waals surface area contributed by atoms with Crippen LogP contribution in [0.25, 0.3) is 10.9 Å². The molecule has 29 heavy (non-hydrogen) atoms. The number of ketones is 1. The van der Waals surface area contributed by atoms with Crippen LogP contribution in [0.4, 0.5) is 5.69 Å². The van der Waals surface area contributed by atoms with E-state index in [-0.39, 0.29) is 23.0 Å². The molecule has 0 atom stereocenters. The maximum Gasteiger partial charge on any atom is 0.262 e. The van der Waals surface area contributed by atoms with E-state index in [1.165, 1.54) is 23.3 Å². The summed E-state index contributed by atoms with van der Waals surface area (Å²) in [5.74, 6) is -0.369. The number of Topliss-reactive ketones (excluding diaryl/α,β-unsaturated/α-hetero) is 1. The number of hydrogen-bond donors (Lipinski definition) is 1. The highest BCUT2D eigenvalue weighted by Gasteiger charge is 2.14. The number of aromatic nitrogens is 2. The van der Waals surface area contributed by atoms with Gasteiger partial charge in [-0.25, -0.2) is 4.98 Å². The van der Waals surface area contributed by atoms with Crippen LogP contribution in [0.1, 0.15) is 17.3 Å². The monoisotopic (exact) mass is 411 g/mol. The molecule has 0 spiro atoms. The minimum atomic E-state index is -0.288. The molecule has 1 amide bonds. The molecule has 0 aliphatic rings. The summed E-state index contributed by atoms with van der Waals surface area (Å²) in [5, 5.41) is 3.72. The van der Waals surface area contributed by atoms with Gasteiger partial charge in [-0.05, 0) is 31.2 Å². The Labute approximate surface area is 172 Å². The number of nitrogens with zero attached hydrogens (tertiary/aromatic N) is 2. The molecule has 1 N–H and O–H groups in total. The fourth-order valence-corrected chi connectivity index (χ4v) is 3.68. The Morgan fingerprint density at radius 2 is 1.86 bits per heavy atom. The van der Waals surface area contributed by atoms with Gasteiger partial charge in [-0.3, -0.25) is 19.0 Å². The van der Waals surface area contributed by atoms with Crippen LogP contribution in [0.2, 0.25) is 0 Å². The maximum atomic E-state index is 12.8. The first kappa shape index (κ1) is 20.8. The predicted molar refractivity (Wildman–Crippen MR) is 114 cm³/mol. The lowest BCUT2D eigenvalue weighted by molar-refractivity contribution is -0.113. The number of nitrogens with one attached hydrogen (secondary N) is 1. The van der Waals surface area contributed by atoms with E-state index >= 15 is 0 Å². The molecule has 0 radical (unpaired) electrons. The summed E-state index contributed by atoms with van der Waals surface area (Å²) in [6.45, 7) is 2.14. The average Bonchev–Trinajstić information content (AvgIpc) is 2.72. The third kappa shape index (κ3) is 4.90. The molecular formula is C21H21N3O4S. The van der Waals surface area contributed by atoms with Crippen molar-refractivity contribution in [2.75, 3.05) is 24.8 Å². The molecule has 0 unspecified atom stereocenters. The van der Waals surface area contributed by atoms with Crippen LogP contribution in [-0.2, 0) is 16.1 Å². The number of amides is 1. The fourth-order valence-electron chi connectivity index (χ4n) is 2.85. The van der Waals surface area contributed by atoms with Gasteiger partial charge < -0.3 is 10.1 Å². The first-order valence-electron chi connectivity index (χ1n) is 9.02. The topological polar surface area (TPSA) is 90.3 Å². The van der Waals surface area contributed by atoms with Gasteiger partial charge in [0.25, 0.3) is 5.56 Å². The van der Waals surface area contributed by atoms with Crippen molar-refractivity contribution < 1.29 is 14.3 Å². The number of hydrogen-bond acceptors (Lipinski definition) is 6. The molecule has 0 saturated heterocycles. The van der Waals surface area contributed by atoms with E-state index < -0.39 is 0 Å². The number of thioether (sulfide) groups is 1. The molecule has 3 rings (SSSR count). The Hall–Kier alpha value is -2.97. The second kappa shape index (κ2) is 9.49. The van der Waals surface area contributed by atoms with Crippen molar-refractivity contribution in [3.05, 3.63) is 64.4 Å². The molecule has 0 saturated carbocycles. The Morgan fingerprint density at radius 3 is 2.62 bits per heavy atom. The lowest BCUT2D eigenvalue weighted by Gasteiger charge is -2.13. The molecule has 0 aliphatic carbocycles. The van der Waals surface area contributed by atoms with Gasteiger partial charge in [0.05, 0.1) is 35.5 Å². The van der Waals surface area contributed by atoms with Crippen LogP contribution in [0.5, 0.6) is 0 Å². The summed E-state index contributed by atoms with van der Waals surface area (Å²) in [5.41, 5.74) is 1.33. The number of fused-ring (bicyclic) bond motifs is 1. The fraction of sp³-hybridized carbons (Fsp3) is 0.238. The van der Waals surface area contributed by atoms with Crippen molar-refractivity contribution in [2.24, 2.45) is 0 Å². The second-order valence-corrected chi connectivity index (χ2v) is 7.24. The summed E-state index contributed by atoms with van der Waals surface area (Å²) >= 11 is 1.17. The van der Waals surface area contributed by atoms with Crippen molar-refractivity contribution in [3.63, 3.8) is 0 Å². The molecular weight excluding hydrogens is 390 g/mol. The Bertz CT molecular complexity index is 1110. The summed E-state index contributed by atoms with van der Waals surface area (Å²) < 4.78 is 6.62. The smallest absolute Gasteiger partial charge is 0.262 e. The molecule has 3 aromatic rings. The van der Waals surface area contributed by atoms with Gasteiger partial charge >= 0.3 is 0 Å². The molecule has 1 aromatic heterocycles. The van der Waals surface area contributed by atoms with E-state index in [1.807, 2.05) is 6.07 Å². The van der Waals surface area contributed by atoms with Crippen LogP contribution in [0.3, 0.4) is 0 Å². The second-order valence-electron chi connectivity index (χ2n) is 6.30. The van der Waals surface area contributed by atoms with E-state index in [9.17, 15) is 14.4 Å². The van der Waals surface area contributed by atoms with Crippen molar-refractivity contribution in [1.82, 2.24) is 9.55 Å². The van der Waals surface area contributed by atoms with Crippen LogP contribution >= 0.6 is 11.8 Å². The molecule has 1 heterocycles. The number of carbonyl (C=O) groups is 2. The minimum Gasteiger partial charge on any atom is -0.383 e. The minimum absolute atomic E-state index is 0.0456. The number of ether oxygens (including phenoxy) is 1. The third-order valence-corrected chi connectivity index (χ3v) is 5.23. The van der Waals surface area contributed by atoms with Crippen molar-refractivity contribution >= 4 is 40.0 Å². The molecule has 7 nitrogen and oxygen atoms in total.